The zero-order valence-electron chi connectivity index (χ0n) is 10.3. The van der Waals surface area contributed by atoms with Crippen LogP contribution in [0.2, 0.25) is 0 Å². The van der Waals surface area contributed by atoms with Crippen LogP contribution in [0.15, 0.2) is 29.6 Å². The van der Waals surface area contributed by atoms with Crippen LogP contribution in [0.5, 0.6) is 0 Å². The van der Waals surface area contributed by atoms with E-state index in [9.17, 15) is 0 Å². The molecule has 3 rings (SSSR count). The van der Waals surface area contributed by atoms with Crippen molar-refractivity contribution in [2.24, 2.45) is 0 Å². The zero-order chi connectivity index (χ0) is 12.7. The van der Waals surface area contributed by atoms with Crippen molar-refractivity contribution in [2.45, 2.75) is 19.8 Å². The van der Waals surface area contributed by atoms with Crippen LogP contribution in [0.25, 0.3) is 16.2 Å². The van der Waals surface area contributed by atoms with Crippen molar-refractivity contribution in [3.05, 3.63) is 35.2 Å². The molecule has 0 aliphatic carbocycles. The smallest absolute Gasteiger partial charge is 0.241 e. The van der Waals surface area contributed by atoms with Gasteiger partial charge in [-0.1, -0.05) is 38.1 Å². The third kappa shape index (κ3) is 1.76. The molecule has 0 atom stereocenters. The normalized spacial score (nSPS) is 11.5. The van der Waals surface area contributed by atoms with Gasteiger partial charge in [0.25, 0.3) is 0 Å². The summed E-state index contributed by atoms with van der Waals surface area (Å²) in [6, 6.07) is 8.55. The number of nitrogen functional groups attached to an aromatic ring is 1. The standard InChI is InChI=1S/C13H14N4S/c1-8(2)9-3-5-10(6-4-9)11-7-18-13-15-12(14)16-17(11)13/h3-8H,1-2H3,(H2,14,16). The van der Waals surface area contributed by atoms with Gasteiger partial charge in [-0.25, -0.2) is 4.52 Å². The van der Waals surface area contributed by atoms with Gasteiger partial charge >= 0.3 is 0 Å². The predicted octanol–water partition coefficient (Wildman–Crippen LogP) is 3.16. The molecule has 1 aromatic carbocycles. The monoisotopic (exact) mass is 258 g/mol. The highest BCUT2D eigenvalue weighted by molar-refractivity contribution is 7.15. The van der Waals surface area contributed by atoms with E-state index in [0.717, 1.165) is 16.2 Å². The second kappa shape index (κ2) is 4.10. The average Bonchev–Trinajstić information content (AvgIpc) is 2.88. The lowest BCUT2D eigenvalue weighted by Gasteiger charge is -2.06. The van der Waals surface area contributed by atoms with Crippen molar-refractivity contribution in [1.29, 1.82) is 0 Å². The molecule has 0 spiro atoms. The Labute approximate surface area is 109 Å². The van der Waals surface area contributed by atoms with Crippen molar-refractivity contribution >= 4 is 22.2 Å². The highest BCUT2D eigenvalue weighted by Gasteiger charge is 2.10. The van der Waals surface area contributed by atoms with Crippen LogP contribution in [-0.2, 0) is 0 Å². The first-order valence-electron chi connectivity index (χ1n) is 5.85. The molecule has 0 unspecified atom stereocenters. The number of nitrogens with two attached hydrogens (primary N) is 1. The SMILES string of the molecule is CC(C)c1ccc(-c2csc3nc(N)nn23)cc1. The van der Waals surface area contributed by atoms with Gasteiger partial charge in [0.15, 0.2) is 0 Å². The first-order chi connectivity index (χ1) is 8.65. The maximum atomic E-state index is 5.61. The fourth-order valence-electron chi connectivity index (χ4n) is 1.93. The van der Waals surface area contributed by atoms with E-state index in [4.69, 9.17) is 5.73 Å². The summed E-state index contributed by atoms with van der Waals surface area (Å²) in [6.07, 6.45) is 0. The number of aromatic nitrogens is 3. The number of benzene rings is 1. The first-order valence-corrected chi connectivity index (χ1v) is 6.73. The Kier molecular flexibility index (Phi) is 2.56. The van der Waals surface area contributed by atoms with E-state index in [-0.39, 0.29) is 0 Å². The Hall–Kier alpha value is -1.88. The van der Waals surface area contributed by atoms with E-state index in [1.807, 2.05) is 0 Å². The Balaban J connectivity index is 2.08. The van der Waals surface area contributed by atoms with E-state index in [0.29, 0.717) is 11.9 Å². The van der Waals surface area contributed by atoms with E-state index in [2.05, 4.69) is 53.6 Å². The van der Waals surface area contributed by atoms with E-state index < -0.39 is 0 Å². The molecule has 0 saturated heterocycles. The molecule has 0 radical (unpaired) electrons. The number of fused-ring (bicyclic) bond motifs is 1. The number of anilines is 1. The molecule has 5 heteroatoms. The molecule has 2 heterocycles. The summed E-state index contributed by atoms with van der Waals surface area (Å²) >= 11 is 1.55. The van der Waals surface area contributed by atoms with Gasteiger partial charge < -0.3 is 5.73 Å². The molecule has 2 N–H and O–H groups in total. The fourth-order valence-corrected chi connectivity index (χ4v) is 2.77. The summed E-state index contributed by atoms with van der Waals surface area (Å²) in [6.45, 7) is 4.38. The van der Waals surface area contributed by atoms with Crippen LogP contribution in [0.3, 0.4) is 0 Å². The van der Waals surface area contributed by atoms with Gasteiger partial charge in [0.1, 0.15) is 0 Å². The van der Waals surface area contributed by atoms with Crippen LogP contribution in [0.4, 0.5) is 5.95 Å². The molecule has 0 fully saturated rings. The van der Waals surface area contributed by atoms with Crippen LogP contribution in [0, 0.1) is 0 Å². The van der Waals surface area contributed by atoms with Crippen molar-refractivity contribution in [2.75, 3.05) is 5.73 Å². The molecule has 18 heavy (non-hydrogen) atoms. The zero-order valence-corrected chi connectivity index (χ0v) is 11.1. The topological polar surface area (TPSA) is 56.2 Å². The average molecular weight is 258 g/mol. The van der Waals surface area contributed by atoms with E-state index >= 15 is 0 Å². The van der Waals surface area contributed by atoms with Crippen LogP contribution in [0.1, 0.15) is 25.3 Å². The summed E-state index contributed by atoms with van der Waals surface area (Å²) < 4.78 is 1.80. The number of rotatable bonds is 2. The lowest BCUT2D eigenvalue weighted by atomic mass is 10.0. The van der Waals surface area contributed by atoms with Gasteiger partial charge in [0.2, 0.25) is 10.9 Å². The summed E-state index contributed by atoms with van der Waals surface area (Å²) in [7, 11) is 0. The molecule has 0 amide bonds. The number of hydrogen-bond acceptors (Lipinski definition) is 4. The Bertz CT molecular complexity index is 679. The lowest BCUT2D eigenvalue weighted by molar-refractivity contribution is 0.866. The van der Waals surface area contributed by atoms with Crippen LogP contribution in [-0.4, -0.2) is 14.6 Å². The number of nitrogens with zero attached hydrogens (tertiary/aromatic N) is 3. The van der Waals surface area contributed by atoms with Crippen molar-refractivity contribution < 1.29 is 0 Å². The number of thiazole rings is 1. The maximum Gasteiger partial charge on any atom is 0.241 e. The molecular weight excluding hydrogens is 244 g/mol. The quantitative estimate of drug-likeness (QED) is 0.768. The Morgan fingerprint density at radius 3 is 2.61 bits per heavy atom. The first kappa shape index (κ1) is 11.2. The van der Waals surface area contributed by atoms with Gasteiger partial charge in [-0.15, -0.1) is 16.4 Å². The van der Waals surface area contributed by atoms with Crippen molar-refractivity contribution in [1.82, 2.24) is 14.6 Å². The molecule has 0 aliphatic rings. The Morgan fingerprint density at radius 1 is 1.22 bits per heavy atom. The van der Waals surface area contributed by atoms with Crippen LogP contribution >= 0.6 is 11.3 Å². The summed E-state index contributed by atoms with van der Waals surface area (Å²) in [4.78, 5) is 4.98. The van der Waals surface area contributed by atoms with Gasteiger partial charge in [0, 0.05) is 10.9 Å². The molecular formula is C13H14N4S. The van der Waals surface area contributed by atoms with E-state index in [1.165, 1.54) is 5.56 Å². The molecule has 2 aromatic heterocycles. The van der Waals surface area contributed by atoms with Gasteiger partial charge in [0.05, 0.1) is 5.69 Å². The summed E-state index contributed by atoms with van der Waals surface area (Å²) in [5.41, 5.74) is 9.12. The van der Waals surface area contributed by atoms with Gasteiger partial charge in [-0.3, -0.25) is 0 Å². The molecule has 92 valence electrons. The second-order valence-corrected chi connectivity index (χ2v) is 5.40. The minimum Gasteiger partial charge on any atom is -0.366 e. The molecule has 0 bridgehead atoms. The minimum atomic E-state index is 0.321. The summed E-state index contributed by atoms with van der Waals surface area (Å²) in [5, 5.41) is 6.26. The lowest BCUT2D eigenvalue weighted by Crippen LogP contribution is -1.92. The van der Waals surface area contributed by atoms with E-state index in [1.54, 1.807) is 15.9 Å². The molecule has 3 aromatic rings. The maximum absolute atomic E-state index is 5.61. The minimum absolute atomic E-state index is 0.321. The molecule has 4 nitrogen and oxygen atoms in total. The van der Waals surface area contributed by atoms with Crippen molar-refractivity contribution in [3.63, 3.8) is 0 Å². The molecule has 0 saturated carbocycles. The Morgan fingerprint density at radius 2 is 1.94 bits per heavy atom. The highest BCUT2D eigenvalue weighted by atomic mass is 32.1. The molecule has 0 aliphatic heterocycles. The summed E-state index contributed by atoms with van der Waals surface area (Å²) in [5.74, 6) is 0.866. The van der Waals surface area contributed by atoms with Crippen molar-refractivity contribution in [3.8, 4) is 11.3 Å². The second-order valence-electron chi connectivity index (χ2n) is 4.56. The third-order valence-corrected chi connectivity index (χ3v) is 3.79. The fraction of sp³-hybridized carbons (Fsp3) is 0.231. The highest BCUT2D eigenvalue weighted by Crippen LogP contribution is 2.26. The largest absolute Gasteiger partial charge is 0.366 e. The van der Waals surface area contributed by atoms with Crippen LogP contribution < -0.4 is 5.73 Å². The van der Waals surface area contributed by atoms with Gasteiger partial charge in [-0.05, 0) is 11.5 Å². The number of hydrogen-bond donors (Lipinski definition) is 1. The third-order valence-electron chi connectivity index (χ3n) is 2.97. The van der Waals surface area contributed by atoms with Gasteiger partial charge in [-0.2, -0.15) is 4.98 Å². The predicted molar refractivity (Wildman–Crippen MR) is 74.8 cm³/mol.